The zero-order chi connectivity index (χ0) is 13.1. The first kappa shape index (κ1) is 13.1. The summed E-state index contributed by atoms with van der Waals surface area (Å²) in [5.41, 5.74) is 1.65. The van der Waals surface area contributed by atoms with Crippen molar-refractivity contribution in [1.82, 2.24) is 0 Å². The molecule has 0 atom stereocenters. The number of nitrogens with zero attached hydrogens (tertiary/aromatic N) is 2. The maximum Gasteiger partial charge on any atom is 0.133 e. The Kier molecular flexibility index (Phi) is 4.03. The molecular formula is C14H15BrN2O. The lowest BCUT2D eigenvalue weighted by atomic mass is 9.93. The normalized spacial score (nSPS) is 16.4. The van der Waals surface area contributed by atoms with Crippen LogP contribution in [0, 0.1) is 17.2 Å². The minimum Gasteiger partial charge on any atom is -0.370 e. The number of halogens is 1. The van der Waals surface area contributed by atoms with E-state index in [-0.39, 0.29) is 11.7 Å². The summed E-state index contributed by atoms with van der Waals surface area (Å²) in [5, 5.41) is 9.21. The second kappa shape index (κ2) is 5.53. The Balaban J connectivity index is 2.18. The highest BCUT2D eigenvalue weighted by molar-refractivity contribution is 9.10. The summed E-state index contributed by atoms with van der Waals surface area (Å²) in [6.45, 7) is 3.35. The molecule has 1 aromatic carbocycles. The topological polar surface area (TPSA) is 44.1 Å². The number of anilines is 1. The van der Waals surface area contributed by atoms with Gasteiger partial charge in [0, 0.05) is 23.5 Å². The molecule has 1 aromatic rings. The van der Waals surface area contributed by atoms with Gasteiger partial charge in [0.2, 0.25) is 0 Å². The third-order valence-electron chi connectivity index (χ3n) is 3.51. The van der Waals surface area contributed by atoms with Gasteiger partial charge >= 0.3 is 0 Å². The van der Waals surface area contributed by atoms with Crippen LogP contribution in [0.2, 0.25) is 0 Å². The molecule has 94 valence electrons. The molecule has 18 heavy (non-hydrogen) atoms. The van der Waals surface area contributed by atoms with Crippen LogP contribution in [0.5, 0.6) is 0 Å². The van der Waals surface area contributed by atoms with Crippen molar-refractivity contribution in [3.8, 4) is 6.07 Å². The van der Waals surface area contributed by atoms with Gasteiger partial charge in [-0.1, -0.05) is 6.07 Å². The average molecular weight is 307 g/mol. The molecule has 1 fully saturated rings. The van der Waals surface area contributed by atoms with Crippen molar-refractivity contribution >= 4 is 27.4 Å². The Bertz CT molecular complexity index is 499. The number of rotatable bonds is 2. The van der Waals surface area contributed by atoms with Crippen LogP contribution < -0.4 is 4.90 Å². The lowest BCUT2D eigenvalue weighted by molar-refractivity contribution is -0.121. The monoisotopic (exact) mass is 306 g/mol. The Morgan fingerprint density at radius 3 is 2.67 bits per heavy atom. The molecule has 0 N–H and O–H groups in total. The third-order valence-corrected chi connectivity index (χ3v) is 4.17. The molecule has 2 rings (SSSR count). The molecule has 1 aliphatic rings. The van der Waals surface area contributed by atoms with Gasteiger partial charge in [-0.2, -0.15) is 5.26 Å². The highest BCUT2D eigenvalue weighted by atomic mass is 79.9. The standard InChI is InChI=1S/C14H15BrN2O/c1-10(18)11-5-7-17(8-6-11)14-4-2-3-13(15)12(14)9-16/h2-4,11H,5-8H2,1H3. The average Bonchev–Trinajstić information content (AvgIpc) is 2.38. The molecule has 0 aliphatic carbocycles. The summed E-state index contributed by atoms with van der Waals surface area (Å²) in [5.74, 6) is 0.475. The molecule has 1 saturated heterocycles. The number of ketones is 1. The van der Waals surface area contributed by atoms with Gasteiger partial charge in [0.15, 0.2) is 0 Å². The van der Waals surface area contributed by atoms with E-state index in [1.165, 1.54) is 0 Å². The Morgan fingerprint density at radius 1 is 1.44 bits per heavy atom. The van der Waals surface area contributed by atoms with Crippen LogP contribution in [0.1, 0.15) is 25.3 Å². The lowest BCUT2D eigenvalue weighted by Crippen LogP contribution is -2.36. The summed E-state index contributed by atoms with van der Waals surface area (Å²) in [4.78, 5) is 13.5. The van der Waals surface area contributed by atoms with Gasteiger partial charge in [-0.3, -0.25) is 4.79 Å². The van der Waals surface area contributed by atoms with Crippen molar-refractivity contribution in [3.63, 3.8) is 0 Å². The smallest absolute Gasteiger partial charge is 0.133 e. The molecule has 0 radical (unpaired) electrons. The number of carbonyl (C=O) groups excluding carboxylic acids is 1. The van der Waals surface area contributed by atoms with Crippen molar-refractivity contribution in [3.05, 3.63) is 28.2 Å². The van der Waals surface area contributed by atoms with E-state index in [1.54, 1.807) is 6.92 Å². The predicted octanol–water partition coefficient (Wildman–Crippen LogP) is 3.13. The molecule has 0 bridgehead atoms. The molecule has 0 aromatic heterocycles. The van der Waals surface area contributed by atoms with Crippen LogP contribution in [-0.2, 0) is 4.79 Å². The van der Waals surface area contributed by atoms with E-state index in [1.807, 2.05) is 18.2 Å². The quantitative estimate of drug-likeness (QED) is 0.843. The molecule has 1 aliphatic heterocycles. The molecule has 0 saturated carbocycles. The van der Waals surface area contributed by atoms with Gasteiger partial charge in [0.05, 0.1) is 11.3 Å². The fourth-order valence-corrected chi connectivity index (χ4v) is 2.86. The van der Waals surface area contributed by atoms with Crippen LogP contribution >= 0.6 is 15.9 Å². The van der Waals surface area contributed by atoms with Crippen LogP contribution in [0.15, 0.2) is 22.7 Å². The minimum absolute atomic E-state index is 0.193. The van der Waals surface area contributed by atoms with Gasteiger partial charge in [-0.25, -0.2) is 0 Å². The maximum atomic E-state index is 11.3. The van der Waals surface area contributed by atoms with Crippen LogP contribution in [0.25, 0.3) is 0 Å². The fraction of sp³-hybridized carbons (Fsp3) is 0.429. The van der Waals surface area contributed by atoms with E-state index in [0.717, 1.165) is 36.1 Å². The number of carbonyl (C=O) groups is 1. The summed E-state index contributed by atoms with van der Waals surface area (Å²) < 4.78 is 0.830. The minimum atomic E-state index is 0.193. The summed E-state index contributed by atoms with van der Waals surface area (Å²) >= 11 is 3.41. The van der Waals surface area contributed by atoms with Gasteiger partial charge in [-0.15, -0.1) is 0 Å². The summed E-state index contributed by atoms with van der Waals surface area (Å²) in [6, 6.07) is 8.03. The van der Waals surface area contributed by atoms with Crippen molar-refractivity contribution in [2.24, 2.45) is 5.92 Å². The van der Waals surface area contributed by atoms with Crippen molar-refractivity contribution in [2.45, 2.75) is 19.8 Å². The second-order valence-corrected chi connectivity index (χ2v) is 5.47. The number of benzene rings is 1. The van der Waals surface area contributed by atoms with Gasteiger partial charge < -0.3 is 4.90 Å². The van der Waals surface area contributed by atoms with Gasteiger partial charge in [-0.05, 0) is 47.8 Å². The van der Waals surface area contributed by atoms with Crippen molar-refractivity contribution in [2.75, 3.05) is 18.0 Å². The molecule has 0 unspecified atom stereocenters. The summed E-state index contributed by atoms with van der Waals surface area (Å²) in [7, 11) is 0. The Hall–Kier alpha value is -1.34. The fourth-order valence-electron chi connectivity index (χ4n) is 2.41. The van der Waals surface area contributed by atoms with E-state index < -0.39 is 0 Å². The van der Waals surface area contributed by atoms with E-state index in [4.69, 9.17) is 0 Å². The SMILES string of the molecule is CC(=O)C1CCN(c2cccc(Br)c2C#N)CC1. The first-order chi connectivity index (χ1) is 8.63. The van der Waals surface area contributed by atoms with Gasteiger partial charge in [0.1, 0.15) is 11.9 Å². The summed E-state index contributed by atoms with van der Waals surface area (Å²) in [6.07, 6.45) is 1.76. The number of nitriles is 1. The largest absolute Gasteiger partial charge is 0.370 e. The van der Waals surface area contributed by atoms with Crippen LogP contribution in [-0.4, -0.2) is 18.9 Å². The third kappa shape index (κ3) is 2.56. The molecule has 4 heteroatoms. The molecule has 3 nitrogen and oxygen atoms in total. The van der Waals surface area contributed by atoms with Crippen molar-refractivity contribution in [1.29, 1.82) is 5.26 Å². The molecular weight excluding hydrogens is 292 g/mol. The number of piperidine rings is 1. The molecule has 0 spiro atoms. The van der Waals surface area contributed by atoms with Crippen LogP contribution in [0.3, 0.4) is 0 Å². The van der Waals surface area contributed by atoms with E-state index in [9.17, 15) is 10.1 Å². The second-order valence-electron chi connectivity index (χ2n) is 4.62. The first-order valence-electron chi connectivity index (χ1n) is 6.07. The van der Waals surface area contributed by atoms with E-state index in [2.05, 4.69) is 26.9 Å². The first-order valence-corrected chi connectivity index (χ1v) is 6.86. The predicted molar refractivity (Wildman–Crippen MR) is 74.5 cm³/mol. The molecule has 0 amide bonds. The van der Waals surface area contributed by atoms with Crippen molar-refractivity contribution < 1.29 is 4.79 Å². The zero-order valence-electron chi connectivity index (χ0n) is 10.3. The Labute approximate surface area is 116 Å². The number of Topliss-reactive ketones (excluding diaryl/α,β-unsaturated/α-hetero) is 1. The van der Waals surface area contributed by atoms with E-state index in [0.29, 0.717) is 5.56 Å². The molecule has 1 heterocycles. The number of hydrogen-bond acceptors (Lipinski definition) is 3. The highest BCUT2D eigenvalue weighted by Crippen LogP contribution is 2.30. The van der Waals surface area contributed by atoms with Crippen LogP contribution in [0.4, 0.5) is 5.69 Å². The zero-order valence-corrected chi connectivity index (χ0v) is 11.9. The Morgan fingerprint density at radius 2 is 2.11 bits per heavy atom. The van der Waals surface area contributed by atoms with Gasteiger partial charge in [0.25, 0.3) is 0 Å². The highest BCUT2D eigenvalue weighted by Gasteiger charge is 2.24. The lowest BCUT2D eigenvalue weighted by Gasteiger charge is -2.33. The van der Waals surface area contributed by atoms with E-state index >= 15 is 0 Å². The number of hydrogen-bond donors (Lipinski definition) is 0. The maximum absolute atomic E-state index is 11.3.